The van der Waals surface area contributed by atoms with Gasteiger partial charge in [-0.1, -0.05) is 12.1 Å². The van der Waals surface area contributed by atoms with Gasteiger partial charge >= 0.3 is 6.09 Å². The Hall–Kier alpha value is -2.35. The van der Waals surface area contributed by atoms with Gasteiger partial charge in [-0.15, -0.1) is 0 Å². The second-order valence-corrected chi connectivity index (χ2v) is 6.63. The predicted molar refractivity (Wildman–Crippen MR) is 104 cm³/mol. The fourth-order valence-electron chi connectivity index (χ4n) is 3.12. The number of halogens is 1. The number of guanidine groups is 1. The molecule has 1 aromatic rings. The monoisotopic (exact) mass is 379 g/mol. The third-order valence-corrected chi connectivity index (χ3v) is 4.65. The molecule has 0 radical (unpaired) electrons. The molecule has 27 heavy (non-hydrogen) atoms. The van der Waals surface area contributed by atoms with Crippen LogP contribution in [-0.4, -0.2) is 87.2 Å². The molecule has 1 fully saturated rings. The summed E-state index contributed by atoms with van der Waals surface area (Å²) >= 11 is 0. The number of rotatable bonds is 5. The molecule has 1 atom stereocenters. The minimum atomic E-state index is -0.260. The molecule has 1 aliphatic heterocycles. The number of ether oxygens (including phenoxy) is 1. The normalized spacial score (nSPS) is 16.4. The Kier molecular flexibility index (Phi) is 7.84. The summed E-state index contributed by atoms with van der Waals surface area (Å²) in [6.45, 7) is 5.44. The molecule has 150 valence electrons. The summed E-state index contributed by atoms with van der Waals surface area (Å²) in [5.74, 6) is 0.562. The first-order valence-electron chi connectivity index (χ1n) is 9.25. The number of piperazine rings is 1. The Bertz CT molecular complexity index is 627. The van der Waals surface area contributed by atoms with Crippen molar-refractivity contribution in [3.8, 4) is 0 Å². The molecular formula is C19H30FN5O2. The molecule has 7 nitrogen and oxygen atoms in total. The van der Waals surface area contributed by atoms with Gasteiger partial charge in [0, 0.05) is 39.8 Å². The summed E-state index contributed by atoms with van der Waals surface area (Å²) in [7, 11) is 5.75. The van der Waals surface area contributed by atoms with Crippen LogP contribution in [0.25, 0.3) is 0 Å². The fourth-order valence-corrected chi connectivity index (χ4v) is 3.12. The number of amides is 1. The highest BCUT2D eigenvalue weighted by molar-refractivity contribution is 5.80. The van der Waals surface area contributed by atoms with E-state index in [0.29, 0.717) is 39.3 Å². The van der Waals surface area contributed by atoms with Gasteiger partial charge in [0.1, 0.15) is 5.82 Å². The van der Waals surface area contributed by atoms with Crippen LogP contribution in [0, 0.1) is 5.82 Å². The smallest absolute Gasteiger partial charge is 0.409 e. The van der Waals surface area contributed by atoms with Crippen LogP contribution in [0.5, 0.6) is 0 Å². The number of nitrogens with zero attached hydrogens (tertiary/aromatic N) is 4. The van der Waals surface area contributed by atoms with E-state index in [4.69, 9.17) is 4.74 Å². The van der Waals surface area contributed by atoms with Gasteiger partial charge in [-0.25, -0.2) is 9.18 Å². The van der Waals surface area contributed by atoms with Crippen LogP contribution in [-0.2, 0) is 4.74 Å². The molecule has 1 heterocycles. The van der Waals surface area contributed by atoms with Crippen LogP contribution in [0.3, 0.4) is 0 Å². The third kappa shape index (κ3) is 5.82. The van der Waals surface area contributed by atoms with E-state index in [1.165, 1.54) is 12.1 Å². The maximum absolute atomic E-state index is 13.2. The molecular weight excluding hydrogens is 349 g/mol. The van der Waals surface area contributed by atoms with E-state index in [2.05, 4.69) is 20.1 Å². The molecule has 2 rings (SSSR count). The molecule has 0 spiro atoms. The van der Waals surface area contributed by atoms with Crippen molar-refractivity contribution >= 4 is 12.1 Å². The minimum absolute atomic E-state index is 0.0863. The molecule has 0 aliphatic carbocycles. The zero-order chi connectivity index (χ0) is 19.8. The number of hydrogen-bond donors (Lipinski definition) is 1. The summed E-state index contributed by atoms with van der Waals surface area (Å²) < 4.78 is 18.3. The number of carbonyl (C=O) groups excluding carboxylic acids is 1. The van der Waals surface area contributed by atoms with Crippen molar-refractivity contribution in [2.75, 3.05) is 60.5 Å². The van der Waals surface area contributed by atoms with E-state index in [1.54, 1.807) is 11.9 Å². The number of carbonyl (C=O) groups is 1. The summed E-state index contributed by atoms with van der Waals surface area (Å²) in [5, 5.41) is 3.41. The molecule has 0 saturated carbocycles. The highest BCUT2D eigenvalue weighted by Crippen LogP contribution is 2.18. The average molecular weight is 379 g/mol. The van der Waals surface area contributed by atoms with Gasteiger partial charge in [-0.3, -0.25) is 4.99 Å². The summed E-state index contributed by atoms with van der Waals surface area (Å²) in [4.78, 5) is 22.1. The molecule has 1 aliphatic rings. The van der Waals surface area contributed by atoms with E-state index < -0.39 is 0 Å². The molecule has 0 bridgehead atoms. The number of hydrogen-bond acceptors (Lipinski definition) is 4. The highest BCUT2D eigenvalue weighted by Gasteiger charge is 2.24. The first-order valence-corrected chi connectivity index (χ1v) is 9.25. The predicted octanol–water partition coefficient (Wildman–Crippen LogP) is 1.78. The molecule has 1 aromatic carbocycles. The quantitative estimate of drug-likeness (QED) is 0.624. The topological polar surface area (TPSA) is 60.4 Å². The van der Waals surface area contributed by atoms with Crippen molar-refractivity contribution < 1.29 is 13.9 Å². The average Bonchev–Trinajstić information content (AvgIpc) is 2.66. The van der Waals surface area contributed by atoms with Crippen molar-refractivity contribution in [2.24, 2.45) is 4.99 Å². The molecule has 1 unspecified atom stereocenters. The van der Waals surface area contributed by atoms with E-state index in [1.807, 2.05) is 33.2 Å². The number of benzene rings is 1. The zero-order valence-electron chi connectivity index (χ0n) is 16.6. The first kappa shape index (κ1) is 21.0. The van der Waals surface area contributed by atoms with E-state index >= 15 is 0 Å². The Morgan fingerprint density at radius 2 is 1.81 bits per heavy atom. The van der Waals surface area contributed by atoms with Gasteiger partial charge < -0.3 is 24.8 Å². The second kappa shape index (κ2) is 10.1. The summed E-state index contributed by atoms with van der Waals surface area (Å²) in [5.41, 5.74) is 1.04. The summed E-state index contributed by atoms with van der Waals surface area (Å²) in [6, 6.07) is 6.67. The van der Waals surface area contributed by atoms with Crippen LogP contribution >= 0.6 is 0 Å². The lowest BCUT2D eigenvalue weighted by Gasteiger charge is -2.36. The largest absolute Gasteiger partial charge is 0.450 e. The van der Waals surface area contributed by atoms with Gasteiger partial charge in [0.05, 0.1) is 12.6 Å². The molecule has 8 heteroatoms. The molecule has 1 amide bonds. The van der Waals surface area contributed by atoms with E-state index in [9.17, 15) is 9.18 Å². The lowest BCUT2D eigenvalue weighted by Crippen LogP contribution is -2.54. The Morgan fingerprint density at radius 1 is 1.22 bits per heavy atom. The number of aliphatic imine (C=N–C) groups is 1. The lowest BCUT2D eigenvalue weighted by atomic mass is 10.1. The molecule has 1 saturated heterocycles. The maximum atomic E-state index is 13.2. The standard InChI is InChI=1S/C19H30FN5O2/c1-5-27-19(26)25-12-10-24(11-13-25)18(21-2)22-14-17(23(3)4)15-6-8-16(20)9-7-15/h6-9,17H,5,10-14H2,1-4H3,(H,21,22). The SMILES string of the molecule is CCOC(=O)N1CCN(C(=NC)NCC(c2ccc(F)cc2)N(C)C)CC1. The van der Waals surface area contributed by atoms with Crippen molar-refractivity contribution in [3.63, 3.8) is 0 Å². The molecule has 0 aromatic heterocycles. The number of likely N-dealkylation sites (N-methyl/N-ethyl adjacent to an activating group) is 1. The Morgan fingerprint density at radius 3 is 2.33 bits per heavy atom. The van der Waals surface area contributed by atoms with Crippen molar-refractivity contribution in [3.05, 3.63) is 35.6 Å². The lowest BCUT2D eigenvalue weighted by molar-refractivity contribution is 0.0914. The van der Waals surface area contributed by atoms with Gasteiger partial charge in [-0.05, 0) is 38.7 Å². The van der Waals surface area contributed by atoms with Gasteiger partial charge in [0.15, 0.2) is 5.96 Å². The van der Waals surface area contributed by atoms with Gasteiger partial charge in [-0.2, -0.15) is 0 Å². The van der Waals surface area contributed by atoms with Crippen LogP contribution in [0.1, 0.15) is 18.5 Å². The van der Waals surface area contributed by atoms with Crippen molar-refractivity contribution in [1.29, 1.82) is 0 Å². The van der Waals surface area contributed by atoms with E-state index in [0.717, 1.165) is 11.5 Å². The van der Waals surface area contributed by atoms with Gasteiger partial charge in [0.25, 0.3) is 0 Å². The van der Waals surface area contributed by atoms with Crippen LogP contribution in [0.2, 0.25) is 0 Å². The van der Waals surface area contributed by atoms with Crippen molar-refractivity contribution in [1.82, 2.24) is 20.0 Å². The van der Waals surface area contributed by atoms with Crippen LogP contribution in [0.15, 0.2) is 29.3 Å². The Balaban J connectivity index is 1.92. The zero-order valence-corrected chi connectivity index (χ0v) is 16.6. The Labute approximate surface area is 160 Å². The first-order chi connectivity index (χ1) is 13.0. The number of nitrogens with one attached hydrogen (secondary N) is 1. The highest BCUT2D eigenvalue weighted by atomic mass is 19.1. The fraction of sp³-hybridized carbons (Fsp3) is 0.579. The van der Waals surface area contributed by atoms with Crippen LogP contribution < -0.4 is 5.32 Å². The maximum Gasteiger partial charge on any atom is 0.409 e. The van der Waals surface area contributed by atoms with Crippen molar-refractivity contribution in [2.45, 2.75) is 13.0 Å². The van der Waals surface area contributed by atoms with Gasteiger partial charge in [0.2, 0.25) is 0 Å². The third-order valence-electron chi connectivity index (χ3n) is 4.65. The summed E-state index contributed by atoms with van der Waals surface area (Å²) in [6.07, 6.45) is -0.260. The molecule has 1 N–H and O–H groups in total. The van der Waals surface area contributed by atoms with E-state index in [-0.39, 0.29) is 18.0 Å². The second-order valence-electron chi connectivity index (χ2n) is 6.63. The van der Waals surface area contributed by atoms with Crippen LogP contribution in [0.4, 0.5) is 9.18 Å². The minimum Gasteiger partial charge on any atom is -0.450 e.